The first-order chi connectivity index (χ1) is 6.22. The third-order valence-electron chi connectivity index (χ3n) is 3.44. The number of hydrogen-bond acceptors (Lipinski definition) is 2. The molecule has 1 saturated carbocycles. The molecule has 0 unspecified atom stereocenters. The summed E-state index contributed by atoms with van der Waals surface area (Å²) in [6, 6.07) is 1.30. The fourth-order valence-corrected chi connectivity index (χ4v) is 2.50. The molecule has 0 radical (unpaired) electrons. The second-order valence-corrected chi connectivity index (χ2v) is 4.40. The van der Waals surface area contributed by atoms with Gasteiger partial charge in [-0.25, -0.2) is 0 Å². The van der Waals surface area contributed by atoms with Crippen LogP contribution in [0.3, 0.4) is 0 Å². The number of rotatable bonds is 2. The van der Waals surface area contributed by atoms with Gasteiger partial charge < -0.3 is 10.2 Å². The van der Waals surface area contributed by atoms with Crippen LogP contribution in [0.2, 0.25) is 0 Å². The van der Waals surface area contributed by atoms with Crippen molar-refractivity contribution < 1.29 is 0 Å². The molecule has 13 heavy (non-hydrogen) atoms. The van der Waals surface area contributed by atoms with E-state index in [1.807, 2.05) is 0 Å². The molecule has 0 spiro atoms. The Kier molecular flexibility index (Phi) is 2.31. The number of nitrogens with one attached hydrogen (secondary N) is 1. The number of nitrogens with zero attached hydrogens (tertiary/aromatic N) is 1. The van der Waals surface area contributed by atoms with Crippen LogP contribution in [0.25, 0.3) is 0 Å². The molecule has 0 aromatic carbocycles. The summed E-state index contributed by atoms with van der Waals surface area (Å²) in [7, 11) is 6.40. The highest BCUT2D eigenvalue weighted by Crippen LogP contribution is 2.35. The zero-order chi connectivity index (χ0) is 9.42. The summed E-state index contributed by atoms with van der Waals surface area (Å²) < 4.78 is 0. The predicted molar refractivity (Wildman–Crippen MR) is 54.3 cm³/mol. The van der Waals surface area contributed by atoms with Gasteiger partial charge in [0.25, 0.3) is 0 Å². The lowest BCUT2D eigenvalue weighted by atomic mass is 9.70. The maximum atomic E-state index is 3.41. The maximum Gasteiger partial charge on any atom is 0.0356 e. The Morgan fingerprint density at radius 2 is 1.77 bits per heavy atom. The Bertz CT molecular complexity index is 249. The van der Waals surface area contributed by atoms with Gasteiger partial charge in [0.05, 0.1) is 0 Å². The van der Waals surface area contributed by atoms with Crippen LogP contribution in [0.4, 0.5) is 0 Å². The van der Waals surface area contributed by atoms with E-state index in [-0.39, 0.29) is 0 Å². The van der Waals surface area contributed by atoms with Gasteiger partial charge in [0, 0.05) is 23.9 Å². The molecular weight excluding hydrogens is 160 g/mol. The maximum absolute atomic E-state index is 3.41. The summed E-state index contributed by atoms with van der Waals surface area (Å²) in [5.41, 5.74) is 0. The molecule has 2 rings (SSSR count). The summed E-state index contributed by atoms with van der Waals surface area (Å²) in [5.74, 6) is 7.92. The first-order valence-electron chi connectivity index (χ1n) is 5.07. The topological polar surface area (TPSA) is 15.3 Å². The predicted octanol–water partition coefficient (Wildman–Crippen LogP) is 0.548. The standard InChI is InChI=1S/C11H18N2/c1-12-10-6-8-4-5-9(8)7-11(10)13(2)3/h8-12H,6-7H2,1-3H3/t8-,9+,10-,11-/m1/s1. The normalized spacial score (nSPS) is 41.8. The van der Waals surface area contributed by atoms with Crippen molar-refractivity contribution in [1.82, 2.24) is 10.2 Å². The molecule has 72 valence electrons. The first kappa shape index (κ1) is 9.05. The quantitative estimate of drug-likeness (QED) is 0.621. The van der Waals surface area contributed by atoms with Crippen molar-refractivity contribution in [3.05, 3.63) is 0 Å². The van der Waals surface area contributed by atoms with Crippen LogP contribution >= 0.6 is 0 Å². The van der Waals surface area contributed by atoms with Gasteiger partial charge in [-0.2, -0.15) is 0 Å². The molecule has 0 amide bonds. The van der Waals surface area contributed by atoms with Crippen LogP contribution in [-0.2, 0) is 0 Å². The van der Waals surface area contributed by atoms with E-state index in [9.17, 15) is 0 Å². The van der Waals surface area contributed by atoms with Crippen LogP contribution in [0.1, 0.15) is 12.8 Å². The molecule has 2 aliphatic carbocycles. The molecule has 0 heterocycles. The summed E-state index contributed by atoms with van der Waals surface area (Å²) in [4.78, 5) is 2.33. The lowest BCUT2D eigenvalue weighted by Gasteiger charge is -2.43. The minimum Gasteiger partial charge on any atom is -0.315 e. The van der Waals surface area contributed by atoms with Gasteiger partial charge in [-0.3, -0.25) is 0 Å². The van der Waals surface area contributed by atoms with Crippen molar-refractivity contribution in [3.63, 3.8) is 0 Å². The van der Waals surface area contributed by atoms with E-state index in [2.05, 4.69) is 43.2 Å². The third-order valence-corrected chi connectivity index (χ3v) is 3.44. The molecule has 4 atom stereocenters. The van der Waals surface area contributed by atoms with E-state index in [0.717, 1.165) is 0 Å². The van der Waals surface area contributed by atoms with Crippen molar-refractivity contribution in [2.75, 3.05) is 21.1 Å². The highest BCUT2D eigenvalue weighted by Gasteiger charge is 2.38. The van der Waals surface area contributed by atoms with Gasteiger partial charge in [-0.15, -0.1) is 0 Å². The largest absolute Gasteiger partial charge is 0.315 e. The second kappa shape index (κ2) is 3.32. The zero-order valence-electron chi connectivity index (χ0n) is 8.67. The first-order valence-corrected chi connectivity index (χ1v) is 5.07. The minimum absolute atomic E-state index is 0.630. The third kappa shape index (κ3) is 1.47. The van der Waals surface area contributed by atoms with Gasteiger partial charge in [0.15, 0.2) is 0 Å². The van der Waals surface area contributed by atoms with Crippen LogP contribution in [0.15, 0.2) is 0 Å². The van der Waals surface area contributed by atoms with E-state index in [4.69, 9.17) is 0 Å². The molecule has 0 saturated heterocycles. The lowest BCUT2D eigenvalue weighted by Crippen LogP contribution is -2.53. The number of hydrogen-bond donors (Lipinski definition) is 1. The van der Waals surface area contributed by atoms with Crippen molar-refractivity contribution in [1.29, 1.82) is 0 Å². The van der Waals surface area contributed by atoms with Gasteiger partial charge in [-0.1, -0.05) is 11.8 Å². The van der Waals surface area contributed by atoms with Gasteiger partial charge in [0.2, 0.25) is 0 Å². The van der Waals surface area contributed by atoms with E-state index in [1.54, 1.807) is 0 Å². The Labute approximate surface area is 80.7 Å². The van der Waals surface area contributed by atoms with Crippen molar-refractivity contribution in [2.45, 2.75) is 24.9 Å². The van der Waals surface area contributed by atoms with E-state index >= 15 is 0 Å². The fourth-order valence-electron chi connectivity index (χ4n) is 2.50. The van der Waals surface area contributed by atoms with Gasteiger partial charge >= 0.3 is 0 Å². The molecule has 2 heteroatoms. The Morgan fingerprint density at radius 1 is 1.15 bits per heavy atom. The zero-order valence-corrected chi connectivity index (χ0v) is 8.67. The second-order valence-electron chi connectivity index (χ2n) is 4.40. The molecule has 0 aromatic rings. The average Bonchev–Trinajstić information content (AvgIpc) is 2.06. The van der Waals surface area contributed by atoms with Crippen LogP contribution in [0.5, 0.6) is 0 Å². The molecular formula is C11H18N2. The Hall–Kier alpha value is -0.520. The van der Waals surface area contributed by atoms with E-state index in [0.29, 0.717) is 23.9 Å². The van der Waals surface area contributed by atoms with Crippen molar-refractivity contribution >= 4 is 0 Å². The molecule has 2 nitrogen and oxygen atoms in total. The molecule has 0 aliphatic heterocycles. The van der Waals surface area contributed by atoms with Crippen LogP contribution in [0, 0.1) is 23.7 Å². The fraction of sp³-hybridized carbons (Fsp3) is 0.818. The molecule has 1 fully saturated rings. The van der Waals surface area contributed by atoms with Crippen LogP contribution < -0.4 is 5.32 Å². The van der Waals surface area contributed by atoms with E-state index < -0.39 is 0 Å². The highest BCUT2D eigenvalue weighted by molar-refractivity contribution is 5.25. The Morgan fingerprint density at radius 3 is 2.23 bits per heavy atom. The van der Waals surface area contributed by atoms with Crippen LogP contribution in [-0.4, -0.2) is 38.1 Å². The van der Waals surface area contributed by atoms with Crippen molar-refractivity contribution in [3.8, 4) is 11.8 Å². The Balaban J connectivity index is 2.06. The summed E-state index contributed by atoms with van der Waals surface area (Å²) >= 11 is 0. The molecule has 1 N–H and O–H groups in total. The number of likely N-dealkylation sites (N-methyl/N-ethyl adjacent to an activating group) is 2. The summed E-state index contributed by atoms with van der Waals surface area (Å²) in [5, 5.41) is 3.41. The summed E-state index contributed by atoms with van der Waals surface area (Å²) in [6.45, 7) is 0. The lowest BCUT2D eigenvalue weighted by molar-refractivity contribution is 0.136. The highest BCUT2D eigenvalue weighted by atomic mass is 15.1. The number of fused-ring (bicyclic) bond motifs is 1. The monoisotopic (exact) mass is 178 g/mol. The molecule has 2 aliphatic rings. The van der Waals surface area contributed by atoms with E-state index in [1.165, 1.54) is 12.8 Å². The smallest absolute Gasteiger partial charge is 0.0356 e. The molecule has 0 bridgehead atoms. The SMILES string of the molecule is CN[C@@H]1C[C@H]2C#C[C@H]2C[C@H]1N(C)C. The van der Waals surface area contributed by atoms with Gasteiger partial charge in [-0.05, 0) is 34.0 Å². The summed E-state index contributed by atoms with van der Waals surface area (Å²) in [6.07, 6.45) is 2.48. The average molecular weight is 178 g/mol. The van der Waals surface area contributed by atoms with Gasteiger partial charge in [0.1, 0.15) is 0 Å². The minimum atomic E-state index is 0.630. The van der Waals surface area contributed by atoms with Crippen molar-refractivity contribution in [2.24, 2.45) is 11.8 Å². The molecule has 0 aromatic heterocycles.